The van der Waals surface area contributed by atoms with E-state index >= 15 is 0 Å². The molecule has 162 valence electrons. The fourth-order valence-corrected chi connectivity index (χ4v) is 3.75. The molecule has 0 aliphatic carbocycles. The molecule has 0 amide bonds. The molecule has 1 N–H and O–H groups in total. The molecule has 2 aliphatic rings. The fraction of sp³-hybridized carbons (Fsp3) is 0.550. The molecule has 3 heterocycles. The Morgan fingerprint density at radius 1 is 0.733 bits per heavy atom. The molecule has 0 saturated carbocycles. The van der Waals surface area contributed by atoms with Gasteiger partial charge < -0.3 is 19.9 Å². The molecule has 2 fully saturated rings. The summed E-state index contributed by atoms with van der Waals surface area (Å²) in [7, 11) is 0. The van der Waals surface area contributed by atoms with Gasteiger partial charge in [-0.15, -0.1) is 13.2 Å². The van der Waals surface area contributed by atoms with Crippen molar-refractivity contribution in [1.82, 2.24) is 15.0 Å². The van der Waals surface area contributed by atoms with Gasteiger partial charge in [0.2, 0.25) is 17.8 Å². The molecule has 2 saturated heterocycles. The summed E-state index contributed by atoms with van der Waals surface area (Å²) in [5.74, 6) is 1.40. The van der Waals surface area contributed by atoms with Crippen LogP contribution in [0.4, 0.5) is 36.7 Å². The first-order valence-electron chi connectivity index (χ1n) is 10.4. The monoisotopic (exact) mass is 422 g/mol. The summed E-state index contributed by atoms with van der Waals surface area (Å²) in [6.45, 7) is 3.64. The maximum Gasteiger partial charge on any atom is 0.573 e. The summed E-state index contributed by atoms with van der Waals surface area (Å²) in [5, 5.41) is 3.10. The molecule has 0 radical (unpaired) electrons. The predicted molar refractivity (Wildman–Crippen MR) is 108 cm³/mol. The molecule has 0 bridgehead atoms. The minimum atomic E-state index is -4.71. The highest BCUT2D eigenvalue weighted by atomic mass is 19.4. The van der Waals surface area contributed by atoms with E-state index in [1.54, 1.807) is 0 Å². The van der Waals surface area contributed by atoms with E-state index in [0.717, 1.165) is 51.9 Å². The van der Waals surface area contributed by atoms with Gasteiger partial charge in [0.25, 0.3) is 0 Å². The second-order valence-electron chi connectivity index (χ2n) is 7.55. The van der Waals surface area contributed by atoms with Crippen LogP contribution in [0.25, 0.3) is 0 Å². The van der Waals surface area contributed by atoms with E-state index in [0.29, 0.717) is 23.5 Å². The van der Waals surface area contributed by atoms with Crippen molar-refractivity contribution in [3.05, 3.63) is 24.3 Å². The number of nitrogens with zero attached hydrogens (tertiary/aromatic N) is 5. The van der Waals surface area contributed by atoms with Crippen molar-refractivity contribution < 1.29 is 17.9 Å². The number of piperidine rings is 2. The fourth-order valence-electron chi connectivity index (χ4n) is 3.75. The molecule has 2 aromatic rings. The lowest BCUT2D eigenvalue weighted by molar-refractivity contribution is -0.274. The highest BCUT2D eigenvalue weighted by molar-refractivity contribution is 5.57. The van der Waals surface area contributed by atoms with Crippen LogP contribution in [0.15, 0.2) is 24.3 Å². The number of anilines is 4. The minimum absolute atomic E-state index is 0.272. The van der Waals surface area contributed by atoms with Gasteiger partial charge in [0.15, 0.2) is 0 Å². The van der Waals surface area contributed by atoms with E-state index in [-0.39, 0.29) is 5.75 Å². The summed E-state index contributed by atoms with van der Waals surface area (Å²) in [5.41, 5.74) is 0.574. The number of ether oxygens (including phenoxy) is 1. The summed E-state index contributed by atoms with van der Waals surface area (Å²) >= 11 is 0. The van der Waals surface area contributed by atoms with Crippen LogP contribution in [0, 0.1) is 0 Å². The van der Waals surface area contributed by atoms with Gasteiger partial charge in [-0.3, -0.25) is 0 Å². The second-order valence-corrected chi connectivity index (χ2v) is 7.55. The van der Waals surface area contributed by atoms with E-state index in [2.05, 4.69) is 29.8 Å². The number of aromatic nitrogens is 3. The van der Waals surface area contributed by atoms with Gasteiger partial charge in [-0.25, -0.2) is 0 Å². The van der Waals surface area contributed by atoms with Gasteiger partial charge in [0.1, 0.15) is 5.75 Å². The van der Waals surface area contributed by atoms with Crippen LogP contribution in [0.3, 0.4) is 0 Å². The maximum atomic E-state index is 12.4. The average Bonchev–Trinajstić information content (AvgIpc) is 2.75. The van der Waals surface area contributed by atoms with E-state index in [1.165, 1.54) is 37.1 Å². The van der Waals surface area contributed by atoms with Crippen LogP contribution in [0.1, 0.15) is 38.5 Å². The zero-order chi connectivity index (χ0) is 21.0. The van der Waals surface area contributed by atoms with Gasteiger partial charge in [-0.2, -0.15) is 15.0 Å². The normalized spacial score (nSPS) is 17.7. The first-order valence-corrected chi connectivity index (χ1v) is 10.4. The van der Waals surface area contributed by atoms with E-state index in [9.17, 15) is 13.2 Å². The van der Waals surface area contributed by atoms with Crippen LogP contribution in [-0.4, -0.2) is 47.5 Å². The number of benzene rings is 1. The second kappa shape index (κ2) is 8.93. The quantitative estimate of drug-likeness (QED) is 0.761. The molecule has 1 aromatic heterocycles. The smallest absolute Gasteiger partial charge is 0.406 e. The number of hydrogen-bond acceptors (Lipinski definition) is 7. The van der Waals surface area contributed by atoms with Crippen LogP contribution < -0.4 is 19.9 Å². The van der Waals surface area contributed by atoms with E-state index in [4.69, 9.17) is 4.98 Å². The molecule has 2 aliphatic heterocycles. The van der Waals surface area contributed by atoms with Gasteiger partial charge in [0.05, 0.1) is 0 Å². The Labute approximate surface area is 173 Å². The van der Waals surface area contributed by atoms with Crippen molar-refractivity contribution in [2.24, 2.45) is 0 Å². The van der Waals surface area contributed by atoms with Crippen molar-refractivity contribution in [2.75, 3.05) is 41.3 Å². The molecule has 0 unspecified atom stereocenters. The number of rotatable bonds is 5. The van der Waals surface area contributed by atoms with Gasteiger partial charge in [0, 0.05) is 31.9 Å². The predicted octanol–water partition coefficient (Wildman–Crippen LogP) is 4.49. The van der Waals surface area contributed by atoms with Crippen molar-refractivity contribution in [1.29, 1.82) is 0 Å². The van der Waals surface area contributed by atoms with Gasteiger partial charge >= 0.3 is 6.36 Å². The zero-order valence-corrected chi connectivity index (χ0v) is 16.7. The third kappa shape index (κ3) is 5.43. The van der Waals surface area contributed by atoms with Crippen molar-refractivity contribution in [3.63, 3.8) is 0 Å². The molecule has 4 rings (SSSR count). The molecular weight excluding hydrogens is 397 g/mol. The maximum absolute atomic E-state index is 12.4. The molecule has 0 spiro atoms. The Kier molecular flexibility index (Phi) is 6.10. The minimum Gasteiger partial charge on any atom is -0.406 e. The Morgan fingerprint density at radius 3 is 1.70 bits per heavy atom. The van der Waals surface area contributed by atoms with E-state index < -0.39 is 6.36 Å². The number of halogens is 3. The number of alkyl halides is 3. The van der Waals surface area contributed by atoms with Crippen molar-refractivity contribution in [2.45, 2.75) is 44.9 Å². The standard InChI is InChI=1S/C20H25F3N6O/c21-20(22,23)30-16-9-7-15(8-10-16)24-17-25-18(28-11-3-1-4-12-28)27-19(26-17)29-13-5-2-6-14-29/h7-10H,1-6,11-14H2,(H,24,25,26,27). The molecule has 30 heavy (non-hydrogen) atoms. The molecular formula is C20H25F3N6O. The van der Waals surface area contributed by atoms with Crippen LogP contribution >= 0.6 is 0 Å². The van der Waals surface area contributed by atoms with Gasteiger partial charge in [-0.05, 0) is 62.8 Å². The lowest BCUT2D eigenvalue weighted by atomic mass is 10.1. The summed E-state index contributed by atoms with van der Waals surface area (Å²) < 4.78 is 41.0. The number of hydrogen-bond donors (Lipinski definition) is 1. The Hall–Kier alpha value is -2.78. The summed E-state index contributed by atoms with van der Waals surface area (Å²) in [4.78, 5) is 18.2. The molecule has 1 aromatic carbocycles. The SMILES string of the molecule is FC(F)(F)Oc1ccc(Nc2nc(N3CCCCC3)nc(N3CCCCC3)n2)cc1. The largest absolute Gasteiger partial charge is 0.573 e. The molecule has 10 heteroatoms. The zero-order valence-electron chi connectivity index (χ0n) is 16.7. The van der Waals surface area contributed by atoms with Crippen LogP contribution in [-0.2, 0) is 0 Å². The summed E-state index contributed by atoms with van der Waals surface area (Å²) in [6, 6.07) is 5.53. The third-order valence-corrected chi connectivity index (χ3v) is 5.23. The first-order chi connectivity index (χ1) is 14.5. The van der Waals surface area contributed by atoms with E-state index in [1.807, 2.05) is 0 Å². The Bertz CT molecular complexity index is 797. The van der Waals surface area contributed by atoms with Crippen LogP contribution in [0.2, 0.25) is 0 Å². The topological polar surface area (TPSA) is 66.4 Å². The Balaban J connectivity index is 1.56. The van der Waals surface area contributed by atoms with Crippen molar-refractivity contribution in [3.8, 4) is 5.75 Å². The summed E-state index contributed by atoms with van der Waals surface area (Å²) in [6.07, 6.45) is 2.12. The Morgan fingerprint density at radius 2 is 1.23 bits per heavy atom. The van der Waals surface area contributed by atoms with Gasteiger partial charge in [-0.1, -0.05) is 0 Å². The highest BCUT2D eigenvalue weighted by Crippen LogP contribution is 2.27. The lowest BCUT2D eigenvalue weighted by Crippen LogP contribution is -2.34. The number of nitrogens with one attached hydrogen (secondary N) is 1. The highest BCUT2D eigenvalue weighted by Gasteiger charge is 2.31. The van der Waals surface area contributed by atoms with Crippen LogP contribution in [0.5, 0.6) is 5.75 Å². The van der Waals surface area contributed by atoms with Crippen molar-refractivity contribution >= 4 is 23.5 Å². The molecule has 0 atom stereocenters. The molecule has 7 nitrogen and oxygen atoms in total. The first kappa shape index (κ1) is 20.5. The third-order valence-electron chi connectivity index (χ3n) is 5.23. The average molecular weight is 422 g/mol. The lowest BCUT2D eigenvalue weighted by Gasteiger charge is -2.30.